The molecule has 0 spiro atoms. The number of hydrogen-bond donors (Lipinski definition) is 2. The Balaban J connectivity index is 0.000000487. The molecule has 0 aliphatic heterocycles. The standard InChI is InChI=1S/C10H11O.Na.H3O3P/c1-7-4-8(2)10(6-11)9(3)5-7;;1-4(2)3/h4-5H,1-3H3;;4H,(H2,1,2,3). The minimum absolute atomic E-state index is 0.296. The van der Waals surface area contributed by atoms with E-state index in [2.05, 4.69) is 19.1 Å². The van der Waals surface area contributed by atoms with Gasteiger partial charge in [-0.05, 0) is 0 Å². The van der Waals surface area contributed by atoms with Gasteiger partial charge in [-0.2, -0.15) is 0 Å². The van der Waals surface area contributed by atoms with Gasteiger partial charge in [-0.3, -0.25) is 4.57 Å². The summed E-state index contributed by atoms with van der Waals surface area (Å²) in [4.78, 5) is 25.6. The van der Waals surface area contributed by atoms with Crippen LogP contribution in [0.3, 0.4) is 0 Å². The van der Waals surface area contributed by atoms with Crippen molar-refractivity contribution in [3.05, 3.63) is 34.4 Å². The number of carbonyl (C=O) groups is 1. The summed E-state index contributed by atoms with van der Waals surface area (Å²) in [5, 5.41) is 0. The van der Waals surface area contributed by atoms with E-state index in [1.807, 2.05) is 13.8 Å². The van der Waals surface area contributed by atoms with E-state index in [9.17, 15) is 4.79 Å². The van der Waals surface area contributed by atoms with Crippen molar-refractivity contribution in [2.75, 3.05) is 0 Å². The summed E-state index contributed by atoms with van der Waals surface area (Å²) in [6, 6.07) is 4.14. The fraction of sp³-hybridized carbons (Fsp3) is 0.300. The molecule has 6 heteroatoms. The number of carbonyl (C=O) groups excluding carboxylic acids is 1. The molecular weight excluding hydrogens is 238 g/mol. The van der Waals surface area contributed by atoms with Crippen LogP contribution < -0.4 is 0 Å². The van der Waals surface area contributed by atoms with Crippen molar-refractivity contribution in [3.63, 3.8) is 0 Å². The molecule has 0 saturated carbocycles. The van der Waals surface area contributed by atoms with Gasteiger partial charge in [-0.15, -0.1) is 0 Å². The van der Waals surface area contributed by atoms with Crippen molar-refractivity contribution in [1.82, 2.24) is 0 Å². The van der Waals surface area contributed by atoms with Gasteiger partial charge in [0.15, 0.2) is 0 Å². The molecule has 0 atom stereocenters. The predicted molar refractivity (Wildman–Crippen MR) is 64.2 cm³/mol. The molecule has 0 fully saturated rings. The van der Waals surface area contributed by atoms with Gasteiger partial charge in [0.05, 0.1) is 0 Å². The van der Waals surface area contributed by atoms with E-state index in [4.69, 9.17) is 14.4 Å². The van der Waals surface area contributed by atoms with Crippen LogP contribution in [0.25, 0.3) is 0 Å². The zero-order valence-corrected chi connectivity index (χ0v) is 12.9. The first kappa shape index (κ1) is 16.0. The SMILES string of the molecule is Cc1cc(C)c([C](=O)[Na])c(C)c1.O=[PH](O)O. The van der Waals surface area contributed by atoms with Gasteiger partial charge in [0.25, 0.3) is 0 Å². The molecule has 0 amide bonds. The monoisotopic (exact) mass is 252 g/mol. The molecule has 0 saturated heterocycles. The second kappa shape index (κ2) is 7.38. The predicted octanol–water partition coefficient (Wildman–Crippen LogP) is 1.28. The maximum Gasteiger partial charge on any atom is 0.314 e. The molecule has 2 N–H and O–H groups in total. The van der Waals surface area contributed by atoms with Crippen LogP contribution in [0.1, 0.15) is 27.0 Å². The first-order chi connectivity index (χ1) is 7.25. The molecule has 1 aromatic carbocycles. The Bertz CT molecular complexity index is 390. The summed E-state index contributed by atoms with van der Waals surface area (Å²) in [7, 11) is -3.13. The van der Waals surface area contributed by atoms with Crippen molar-refractivity contribution in [1.29, 1.82) is 0 Å². The van der Waals surface area contributed by atoms with E-state index in [-0.39, 0.29) is 0 Å². The Morgan fingerprint density at radius 2 is 1.50 bits per heavy atom. The Morgan fingerprint density at radius 1 is 1.19 bits per heavy atom. The van der Waals surface area contributed by atoms with Crippen LogP contribution in [-0.4, -0.2) is 40.8 Å². The molecule has 0 bridgehead atoms. The normalized spacial score (nSPS) is 9.75. The molecule has 1 aromatic rings. The fourth-order valence-corrected chi connectivity index (χ4v) is 2.52. The fourth-order valence-electron chi connectivity index (χ4n) is 1.74. The summed E-state index contributed by atoms with van der Waals surface area (Å²) in [6.45, 7) is 6.07. The van der Waals surface area contributed by atoms with Gasteiger partial charge in [-0.25, -0.2) is 0 Å². The third kappa shape index (κ3) is 5.94. The maximum atomic E-state index is 11.3. The van der Waals surface area contributed by atoms with Gasteiger partial charge in [0, 0.05) is 0 Å². The van der Waals surface area contributed by atoms with Gasteiger partial charge < -0.3 is 9.79 Å². The van der Waals surface area contributed by atoms with Gasteiger partial charge >= 0.3 is 99.2 Å². The first-order valence-corrected chi connectivity index (χ1v) is 7.06. The summed E-state index contributed by atoms with van der Waals surface area (Å²) >= 11 is 0.613. The molecule has 84 valence electrons. The molecule has 4 nitrogen and oxygen atoms in total. The zero-order chi connectivity index (χ0) is 12.9. The van der Waals surface area contributed by atoms with E-state index in [1.165, 1.54) is 5.56 Å². The number of aryl methyl sites for hydroxylation is 3. The van der Waals surface area contributed by atoms with Crippen molar-refractivity contribution >= 4 is 39.2 Å². The molecule has 0 aliphatic carbocycles. The van der Waals surface area contributed by atoms with E-state index in [0.29, 0.717) is 31.0 Å². The van der Waals surface area contributed by atoms with E-state index in [1.54, 1.807) is 0 Å². The summed E-state index contributed by atoms with van der Waals surface area (Å²) in [6.07, 6.45) is 0. The van der Waals surface area contributed by atoms with Gasteiger partial charge in [0.1, 0.15) is 0 Å². The van der Waals surface area contributed by atoms with E-state index in [0.717, 1.165) is 16.7 Å². The molecule has 0 radical (unpaired) electrons. The van der Waals surface area contributed by atoms with E-state index < -0.39 is 8.25 Å². The van der Waals surface area contributed by atoms with Crippen LogP contribution in [-0.2, 0) is 4.57 Å². The summed E-state index contributed by atoms with van der Waals surface area (Å²) in [5.41, 5.74) is 4.41. The van der Waals surface area contributed by atoms with Crippen molar-refractivity contribution in [2.24, 2.45) is 0 Å². The molecule has 16 heavy (non-hydrogen) atoms. The molecule has 1 rings (SSSR count). The van der Waals surface area contributed by atoms with E-state index >= 15 is 0 Å². The Kier molecular flexibility index (Phi) is 7.40. The van der Waals surface area contributed by atoms with Crippen LogP contribution in [0.2, 0.25) is 0 Å². The Morgan fingerprint density at radius 3 is 1.75 bits per heavy atom. The molecular formula is C10H14NaO4P. The first-order valence-electron chi connectivity index (χ1n) is 4.76. The third-order valence-electron chi connectivity index (χ3n) is 2.03. The van der Waals surface area contributed by atoms with Crippen LogP contribution in [0.4, 0.5) is 0 Å². The number of benzene rings is 1. The zero-order valence-electron chi connectivity index (χ0n) is 9.87. The van der Waals surface area contributed by atoms with Crippen LogP contribution in [0, 0.1) is 20.8 Å². The second-order valence-electron chi connectivity index (χ2n) is 3.61. The smallest absolute Gasteiger partial charge is 0.314 e. The number of hydrogen-bond acceptors (Lipinski definition) is 2. The third-order valence-corrected chi connectivity index (χ3v) is 2.53. The van der Waals surface area contributed by atoms with Crippen LogP contribution in [0.5, 0.6) is 0 Å². The quantitative estimate of drug-likeness (QED) is 0.583. The largest absolute Gasteiger partial charge is 0.326 e. The minimum atomic E-state index is -3.13. The summed E-state index contributed by atoms with van der Waals surface area (Å²) in [5.74, 6) is 0. The summed E-state index contributed by atoms with van der Waals surface area (Å²) < 4.78 is 9.04. The average molecular weight is 252 g/mol. The van der Waals surface area contributed by atoms with Crippen LogP contribution >= 0.6 is 8.25 Å². The molecule has 0 heterocycles. The van der Waals surface area contributed by atoms with Crippen LogP contribution in [0.15, 0.2) is 12.1 Å². The average Bonchev–Trinajstić information content (AvgIpc) is 1.98. The Hall–Kier alpha value is 0.0400. The van der Waals surface area contributed by atoms with Crippen molar-refractivity contribution in [3.8, 4) is 0 Å². The van der Waals surface area contributed by atoms with Gasteiger partial charge in [-0.1, -0.05) is 0 Å². The minimum Gasteiger partial charge on any atom is -0.326 e. The second-order valence-corrected chi connectivity index (χ2v) is 5.09. The number of rotatable bonds is 1. The van der Waals surface area contributed by atoms with Gasteiger partial charge in [0.2, 0.25) is 0 Å². The van der Waals surface area contributed by atoms with Crippen molar-refractivity contribution in [2.45, 2.75) is 20.8 Å². The topological polar surface area (TPSA) is 74.6 Å². The Labute approximate surface area is 113 Å². The van der Waals surface area contributed by atoms with Crippen molar-refractivity contribution < 1.29 is 19.1 Å². The maximum absolute atomic E-state index is 11.3. The molecule has 0 aliphatic rings. The molecule has 0 aromatic heterocycles. The molecule has 0 unspecified atom stereocenters.